The maximum atomic E-state index is 12.7. The van der Waals surface area contributed by atoms with Gasteiger partial charge >= 0.3 is 12.1 Å². The number of ether oxygens (including phenoxy) is 1. The summed E-state index contributed by atoms with van der Waals surface area (Å²) in [4.78, 5) is 38.7. The van der Waals surface area contributed by atoms with Gasteiger partial charge in [0.2, 0.25) is 0 Å². The van der Waals surface area contributed by atoms with Crippen LogP contribution in [0.4, 0.5) is 24.5 Å². The molecule has 172 valence electrons. The number of amides is 1. The fourth-order valence-electron chi connectivity index (χ4n) is 2.74. The molecule has 33 heavy (non-hydrogen) atoms. The Hall–Kier alpha value is -4.29. The number of hydrogen-bond donors (Lipinski definition) is 1. The summed E-state index contributed by atoms with van der Waals surface area (Å²) in [5.41, 5.74) is -0.795. The smallest absolute Gasteiger partial charge is 0.417 e. The highest BCUT2D eigenvalue weighted by Crippen LogP contribution is 2.29. The summed E-state index contributed by atoms with van der Waals surface area (Å²) in [5.74, 6) is -1.57. The van der Waals surface area contributed by atoms with Crippen molar-refractivity contribution in [1.29, 1.82) is 0 Å². The number of halogens is 3. The first-order chi connectivity index (χ1) is 15.5. The van der Waals surface area contributed by atoms with Crippen LogP contribution in [0.15, 0.2) is 48.8 Å². The molecule has 3 rings (SSSR count). The molecule has 10 nitrogen and oxygen atoms in total. The molecule has 0 radical (unpaired) electrons. The van der Waals surface area contributed by atoms with Crippen molar-refractivity contribution in [2.75, 3.05) is 5.32 Å². The predicted octanol–water partition coefficient (Wildman–Crippen LogP) is 3.69. The summed E-state index contributed by atoms with van der Waals surface area (Å²) >= 11 is 0. The number of carbonyl (C=O) groups is 2. The number of hydrogen-bond acceptors (Lipinski definition) is 7. The molecule has 1 atom stereocenters. The number of alkyl halides is 3. The number of nitrogens with zero attached hydrogens (tertiary/aromatic N) is 4. The summed E-state index contributed by atoms with van der Waals surface area (Å²) in [6, 6.07) is 7.17. The van der Waals surface area contributed by atoms with E-state index in [0.717, 1.165) is 29.1 Å². The first-order valence-electron chi connectivity index (χ1n) is 9.32. The van der Waals surface area contributed by atoms with Crippen molar-refractivity contribution in [3.63, 3.8) is 0 Å². The summed E-state index contributed by atoms with van der Waals surface area (Å²) in [5, 5.41) is 17.2. The van der Waals surface area contributed by atoms with Crippen molar-refractivity contribution in [2.45, 2.75) is 26.1 Å². The van der Waals surface area contributed by atoms with Gasteiger partial charge in [-0.15, -0.1) is 0 Å². The van der Waals surface area contributed by atoms with E-state index < -0.39 is 34.6 Å². The minimum atomic E-state index is -4.54. The average Bonchev–Trinajstić information content (AvgIpc) is 3.14. The van der Waals surface area contributed by atoms with E-state index in [-0.39, 0.29) is 28.5 Å². The molecule has 0 fully saturated rings. The fourth-order valence-corrected chi connectivity index (χ4v) is 2.74. The van der Waals surface area contributed by atoms with Crippen LogP contribution >= 0.6 is 0 Å². The quantitative estimate of drug-likeness (QED) is 0.335. The number of nitro benzene ring substituents is 1. The van der Waals surface area contributed by atoms with Crippen LogP contribution in [-0.4, -0.2) is 37.7 Å². The maximum absolute atomic E-state index is 12.7. The zero-order valence-electron chi connectivity index (χ0n) is 17.2. The largest absolute Gasteiger partial charge is 0.449 e. The minimum absolute atomic E-state index is 0.0216. The van der Waals surface area contributed by atoms with Crippen molar-refractivity contribution >= 4 is 23.3 Å². The highest BCUT2D eigenvalue weighted by Gasteiger charge is 2.31. The predicted molar refractivity (Wildman–Crippen MR) is 108 cm³/mol. The molecule has 1 amide bonds. The summed E-state index contributed by atoms with van der Waals surface area (Å²) < 4.78 is 44.4. The van der Waals surface area contributed by atoms with Gasteiger partial charge in [-0.1, -0.05) is 6.07 Å². The number of benzene rings is 1. The first-order valence-corrected chi connectivity index (χ1v) is 9.32. The van der Waals surface area contributed by atoms with Gasteiger partial charge in [-0.25, -0.2) is 14.5 Å². The molecule has 13 heteroatoms. The monoisotopic (exact) mass is 463 g/mol. The number of anilines is 1. The van der Waals surface area contributed by atoms with Gasteiger partial charge < -0.3 is 10.1 Å². The van der Waals surface area contributed by atoms with Crippen molar-refractivity contribution in [1.82, 2.24) is 14.8 Å². The second-order valence-corrected chi connectivity index (χ2v) is 6.80. The molecule has 1 unspecified atom stereocenters. The number of non-ortho nitro benzene ring substituents is 1. The lowest BCUT2D eigenvalue weighted by molar-refractivity contribution is -0.384. The summed E-state index contributed by atoms with van der Waals surface area (Å²) in [7, 11) is 0. The number of aromatic nitrogens is 3. The van der Waals surface area contributed by atoms with Gasteiger partial charge in [0.15, 0.2) is 11.9 Å². The fraction of sp³-hybridized carbons (Fsp3) is 0.200. The number of nitro groups is 1. The third kappa shape index (κ3) is 5.31. The van der Waals surface area contributed by atoms with E-state index in [2.05, 4.69) is 15.4 Å². The third-order valence-corrected chi connectivity index (χ3v) is 4.50. The standard InChI is InChI=1S/C20H16F3N5O5/c1-11-16(10-25-27(11)17-7-6-13(9-24-17)20(21,22)23)19(30)33-12(2)18(29)26-14-4-3-5-15(8-14)28(31)32/h3-10,12H,1-2H3,(H,26,29). The van der Waals surface area contributed by atoms with Crippen molar-refractivity contribution in [2.24, 2.45) is 0 Å². The number of carbonyl (C=O) groups excluding carboxylic acids is 2. The van der Waals surface area contributed by atoms with Crippen molar-refractivity contribution in [3.05, 3.63) is 75.7 Å². The molecule has 0 saturated carbocycles. The minimum Gasteiger partial charge on any atom is -0.449 e. The van der Waals surface area contributed by atoms with E-state index in [1.807, 2.05) is 0 Å². The lowest BCUT2D eigenvalue weighted by atomic mass is 10.2. The molecular formula is C20H16F3N5O5. The van der Waals surface area contributed by atoms with Crippen LogP contribution in [0.2, 0.25) is 0 Å². The Bertz CT molecular complexity index is 1210. The molecule has 0 aliphatic heterocycles. The Labute approximate surface area is 184 Å². The number of nitrogens with one attached hydrogen (secondary N) is 1. The Kier molecular flexibility index (Phi) is 6.42. The highest BCUT2D eigenvalue weighted by atomic mass is 19.4. The topological polar surface area (TPSA) is 129 Å². The molecule has 0 bridgehead atoms. The normalized spacial score (nSPS) is 12.2. The van der Waals surface area contributed by atoms with Crippen LogP contribution in [0.1, 0.15) is 28.5 Å². The molecular weight excluding hydrogens is 447 g/mol. The van der Waals surface area contributed by atoms with E-state index in [9.17, 15) is 32.9 Å². The van der Waals surface area contributed by atoms with Gasteiger partial charge in [0.1, 0.15) is 5.56 Å². The van der Waals surface area contributed by atoms with Gasteiger partial charge in [0.25, 0.3) is 11.6 Å². The highest BCUT2D eigenvalue weighted by molar-refractivity contribution is 5.97. The second-order valence-electron chi connectivity index (χ2n) is 6.80. The number of pyridine rings is 1. The first kappa shape index (κ1) is 23.4. The van der Waals surface area contributed by atoms with Gasteiger partial charge in [0.05, 0.1) is 22.4 Å². The summed E-state index contributed by atoms with van der Waals surface area (Å²) in [6.07, 6.45) is -4.01. The lowest BCUT2D eigenvalue weighted by Gasteiger charge is -2.13. The third-order valence-electron chi connectivity index (χ3n) is 4.50. The van der Waals surface area contributed by atoms with Crippen LogP contribution in [0, 0.1) is 17.0 Å². The van der Waals surface area contributed by atoms with E-state index in [0.29, 0.717) is 6.20 Å². The average molecular weight is 463 g/mol. The van der Waals surface area contributed by atoms with Crippen LogP contribution in [-0.2, 0) is 15.7 Å². The second kappa shape index (κ2) is 9.06. The molecule has 1 N–H and O–H groups in total. The van der Waals surface area contributed by atoms with E-state index in [1.54, 1.807) is 0 Å². The molecule has 1 aromatic carbocycles. The van der Waals surface area contributed by atoms with E-state index in [1.165, 1.54) is 32.0 Å². The maximum Gasteiger partial charge on any atom is 0.417 e. The van der Waals surface area contributed by atoms with Crippen molar-refractivity contribution < 1.29 is 32.4 Å². The Balaban J connectivity index is 1.69. The Morgan fingerprint density at radius 1 is 1.21 bits per heavy atom. The van der Waals surface area contributed by atoms with Crippen LogP contribution in [0.5, 0.6) is 0 Å². The van der Waals surface area contributed by atoms with Gasteiger partial charge in [-0.3, -0.25) is 14.9 Å². The number of rotatable bonds is 6. The van der Waals surface area contributed by atoms with Gasteiger partial charge in [-0.05, 0) is 32.0 Å². The Morgan fingerprint density at radius 3 is 2.55 bits per heavy atom. The van der Waals surface area contributed by atoms with Crippen LogP contribution in [0.3, 0.4) is 0 Å². The number of esters is 1. The van der Waals surface area contributed by atoms with Gasteiger partial charge in [-0.2, -0.15) is 18.3 Å². The van der Waals surface area contributed by atoms with E-state index >= 15 is 0 Å². The molecule has 0 aliphatic carbocycles. The zero-order chi connectivity index (χ0) is 24.3. The SMILES string of the molecule is Cc1c(C(=O)OC(C)C(=O)Nc2cccc([N+](=O)[O-])c2)cnn1-c1ccc(C(F)(F)F)cn1. The zero-order valence-corrected chi connectivity index (χ0v) is 17.2. The lowest BCUT2D eigenvalue weighted by Crippen LogP contribution is -2.30. The van der Waals surface area contributed by atoms with Crippen molar-refractivity contribution in [3.8, 4) is 5.82 Å². The summed E-state index contributed by atoms with van der Waals surface area (Å²) in [6.45, 7) is 2.79. The molecule has 2 heterocycles. The van der Waals surface area contributed by atoms with Gasteiger partial charge in [0, 0.05) is 24.0 Å². The molecule has 0 spiro atoms. The molecule has 3 aromatic rings. The molecule has 0 aliphatic rings. The molecule has 0 saturated heterocycles. The van der Waals surface area contributed by atoms with Crippen LogP contribution in [0.25, 0.3) is 5.82 Å². The Morgan fingerprint density at radius 2 is 1.94 bits per heavy atom. The molecule has 2 aromatic heterocycles. The van der Waals surface area contributed by atoms with Crippen LogP contribution < -0.4 is 5.32 Å². The van der Waals surface area contributed by atoms with E-state index in [4.69, 9.17) is 4.74 Å².